The van der Waals surface area contributed by atoms with Gasteiger partial charge in [0, 0.05) is 18.4 Å². The maximum Gasteiger partial charge on any atom is 0.414 e. The summed E-state index contributed by atoms with van der Waals surface area (Å²) in [5, 5.41) is 17.9. The molecule has 1 atom stereocenters. The molecule has 0 aliphatic rings. The summed E-state index contributed by atoms with van der Waals surface area (Å²) >= 11 is 0. The molecule has 0 radical (unpaired) electrons. The van der Waals surface area contributed by atoms with Crippen LogP contribution in [0.2, 0.25) is 0 Å². The van der Waals surface area contributed by atoms with Gasteiger partial charge in [-0.25, -0.2) is 9.59 Å². The van der Waals surface area contributed by atoms with E-state index >= 15 is 0 Å². The van der Waals surface area contributed by atoms with Gasteiger partial charge in [-0.05, 0) is 25.6 Å². The molecule has 1 aromatic heterocycles. The summed E-state index contributed by atoms with van der Waals surface area (Å²) in [6, 6.07) is 4.41. The van der Waals surface area contributed by atoms with Crippen LogP contribution in [0.25, 0.3) is 0 Å². The van der Waals surface area contributed by atoms with Gasteiger partial charge in [-0.15, -0.1) is 0 Å². The summed E-state index contributed by atoms with van der Waals surface area (Å²) in [6.07, 6.45) is 3.66. The first-order chi connectivity index (χ1) is 7.49. The zero-order chi connectivity index (χ0) is 12.6. The SMILES string of the molecule is CNC(C)c1cccnc1.O=C(O)C(=O)O. The van der Waals surface area contributed by atoms with Crippen molar-refractivity contribution in [1.82, 2.24) is 10.3 Å². The molecule has 1 rings (SSSR count). The van der Waals surface area contributed by atoms with Gasteiger partial charge in [0.2, 0.25) is 0 Å². The fraction of sp³-hybridized carbons (Fsp3) is 0.300. The van der Waals surface area contributed by atoms with Gasteiger partial charge >= 0.3 is 11.9 Å². The Balaban J connectivity index is 0.000000325. The van der Waals surface area contributed by atoms with E-state index in [4.69, 9.17) is 19.8 Å². The molecule has 6 heteroatoms. The van der Waals surface area contributed by atoms with Crippen LogP contribution in [-0.2, 0) is 9.59 Å². The second-order valence-corrected chi connectivity index (χ2v) is 2.91. The first-order valence-corrected chi connectivity index (χ1v) is 4.52. The molecule has 0 bridgehead atoms. The molecule has 0 saturated carbocycles. The number of rotatable bonds is 2. The van der Waals surface area contributed by atoms with Crippen LogP contribution in [0.15, 0.2) is 24.5 Å². The van der Waals surface area contributed by atoms with Gasteiger partial charge in [-0.1, -0.05) is 6.07 Å². The molecule has 1 aromatic rings. The number of carboxylic acid groups (broad SMARTS) is 2. The molecule has 0 fully saturated rings. The Morgan fingerprint density at radius 3 is 2.25 bits per heavy atom. The van der Waals surface area contributed by atoms with Crippen LogP contribution < -0.4 is 5.32 Å². The van der Waals surface area contributed by atoms with E-state index in [0.717, 1.165) is 0 Å². The molecule has 3 N–H and O–H groups in total. The second-order valence-electron chi connectivity index (χ2n) is 2.91. The molecule has 0 aliphatic carbocycles. The number of hydrogen-bond donors (Lipinski definition) is 3. The molecule has 88 valence electrons. The molecule has 0 aliphatic heterocycles. The highest BCUT2D eigenvalue weighted by atomic mass is 16.4. The van der Waals surface area contributed by atoms with E-state index in [0.29, 0.717) is 6.04 Å². The van der Waals surface area contributed by atoms with Gasteiger partial charge in [0.25, 0.3) is 0 Å². The molecule has 1 unspecified atom stereocenters. The first kappa shape index (κ1) is 14.1. The summed E-state index contributed by atoms with van der Waals surface area (Å²) < 4.78 is 0. The minimum atomic E-state index is -1.82. The zero-order valence-electron chi connectivity index (χ0n) is 9.04. The molecule has 16 heavy (non-hydrogen) atoms. The van der Waals surface area contributed by atoms with E-state index in [2.05, 4.69) is 23.3 Å². The molecule has 1 heterocycles. The number of carbonyl (C=O) groups is 2. The van der Waals surface area contributed by atoms with E-state index in [9.17, 15) is 0 Å². The summed E-state index contributed by atoms with van der Waals surface area (Å²) in [7, 11) is 1.94. The Bertz CT molecular complexity index is 328. The lowest BCUT2D eigenvalue weighted by Crippen LogP contribution is -2.12. The average Bonchev–Trinajstić information content (AvgIpc) is 2.30. The van der Waals surface area contributed by atoms with Crippen molar-refractivity contribution in [3.63, 3.8) is 0 Å². The lowest BCUT2D eigenvalue weighted by atomic mass is 10.1. The fourth-order valence-corrected chi connectivity index (χ4v) is 0.799. The predicted octanol–water partition coefficient (Wildman–Crippen LogP) is 0.518. The number of hydrogen-bond acceptors (Lipinski definition) is 4. The smallest absolute Gasteiger partial charge is 0.414 e. The third kappa shape index (κ3) is 5.71. The highest BCUT2D eigenvalue weighted by molar-refractivity contribution is 6.27. The van der Waals surface area contributed by atoms with Crippen molar-refractivity contribution in [2.45, 2.75) is 13.0 Å². The Morgan fingerprint density at radius 1 is 1.38 bits per heavy atom. The molecule has 6 nitrogen and oxygen atoms in total. The van der Waals surface area contributed by atoms with Crippen molar-refractivity contribution in [3.05, 3.63) is 30.1 Å². The van der Waals surface area contributed by atoms with Crippen LogP contribution in [0, 0.1) is 0 Å². The minimum absolute atomic E-state index is 0.397. The van der Waals surface area contributed by atoms with Crippen molar-refractivity contribution >= 4 is 11.9 Å². The van der Waals surface area contributed by atoms with Crippen LogP contribution in [0.4, 0.5) is 0 Å². The first-order valence-electron chi connectivity index (χ1n) is 4.52. The molecular formula is C10H14N2O4. The molecular weight excluding hydrogens is 212 g/mol. The van der Waals surface area contributed by atoms with Crippen molar-refractivity contribution in [2.75, 3.05) is 7.05 Å². The number of aliphatic carboxylic acids is 2. The second kappa shape index (κ2) is 7.36. The molecule has 0 spiro atoms. The largest absolute Gasteiger partial charge is 0.473 e. The molecule has 0 aromatic carbocycles. The summed E-state index contributed by atoms with van der Waals surface area (Å²) in [5.74, 6) is -3.65. The third-order valence-corrected chi connectivity index (χ3v) is 1.80. The van der Waals surface area contributed by atoms with Gasteiger partial charge in [0.05, 0.1) is 0 Å². The van der Waals surface area contributed by atoms with Crippen LogP contribution in [0.3, 0.4) is 0 Å². The average molecular weight is 226 g/mol. The number of nitrogens with zero attached hydrogens (tertiary/aromatic N) is 1. The maximum atomic E-state index is 9.10. The predicted molar refractivity (Wildman–Crippen MR) is 57.0 cm³/mol. The highest BCUT2D eigenvalue weighted by Crippen LogP contribution is 2.07. The lowest BCUT2D eigenvalue weighted by Gasteiger charge is -2.08. The molecule has 0 amide bonds. The standard InChI is InChI=1S/C8H12N2.C2H2O4/c1-7(9-2)8-4-3-5-10-6-8;3-1(4)2(5)6/h3-7,9H,1-2H3;(H,3,4)(H,5,6). The topological polar surface area (TPSA) is 99.5 Å². The summed E-state index contributed by atoms with van der Waals surface area (Å²) in [6.45, 7) is 2.11. The normalized spacial score (nSPS) is 10.9. The van der Waals surface area contributed by atoms with Gasteiger partial charge in [0.15, 0.2) is 0 Å². The summed E-state index contributed by atoms with van der Waals surface area (Å²) in [4.78, 5) is 22.2. The monoisotopic (exact) mass is 226 g/mol. The number of aromatic nitrogens is 1. The highest BCUT2D eigenvalue weighted by Gasteiger charge is 2.04. The van der Waals surface area contributed by atoms with Gasteiger partial charge in [-0.3, -0.25) is 4.98 Å². The van der Waals surface area contributed by atoms with Crippen molar-refractivity contribution < 1.29 is 19.8 Å². The van der Waals surface area contributed by atoms with E-state index in [1.807, 2.05) is 19.3 Å². The van der Waals surface area contributed by atoms with E-state index < -0.39 is 11.9 Å². The summed E-state index contributed by atoms with van der Waals surface area (Å²) in [5.41, 5.74) is 1.23. The Labute approximate surface area is 92.9 Å². The van der Waals surface area contributed by atoms with Gasteiger partial charge in [-0.2, -0.15) is 0 Å². The van der Waals surface area contributed by atoms with Gasteiger partial charge < -0.3 is 15.5 Å². The Morgan fingerprint density at radius 2 is 1.94 bits per heavy atom. The van der Waals surface area contributed by atoms with Crippen LogP contribution >= 0.6 is 0 Å². The zero-order valence-corrected chi connectivity index (χ0v) is 9.04. The van der Waals surface area contributed by atoms with E-state index in [-0.39, 0.29) is 0 Å². The Kier molecular flexibility index (Phi) is 6.46. The maximum absolute atomic E-state index is 9.10. The van der Waals surface area contributed by atoms with Crippen molar-refractivity contribution in [3.8, 4) is 0 Å². The van der Waals surface area contributed by atoms with Crippen LogP contribution in [0.1, 0.15) is 18.5 Å². The van der Waals surface area contributed by atoms with Crippen molar-refractivity contribution in [1.29, 1.82) is 0 Å². The number of nitrogens with one attached hydrogen (secondary N) is 1. The number of pyridine rings is 1. The Hall–Kier alpha value is -1.95. The lowest BCUT2D eigenvalue weighted by molar-refractivity contribution is -0.159. The van der Waals surface area contributed by atoms with Gasteiger partial charge in [0.1, 0.15) is 0 Å². The van der Waals surface area contributed by atoms with Crippen LogP contribution in [0.5, 0.6) is 0 Å². The fourth-order valence-electron chi connectivity index (χ4n) is 0.799. The van der Waals surface area contributed by atoms with E-state index in [1.54, 1.807) is 6.20 Å². The van der Waals surface area contributed by atoms with Crippen molar-refractivity contribution in [2.24, 2.45) is 0 Å². The quantitative estimate of drug-likeness (QED) is 0.636. The minimum Gasteiger partial charge on any atom is -0.473 e. The molecule has 0 saturated heterocycles. The van der Waals surface area contributed by atoms with Crippen LogP contribution in [-0.4, -0.2) is 34.2 Å². The third-order valence-electron chi connectivity index (χ3n) is 1.80. The number of carboxylic acids is 2. The van der Waals surface area contributed by atoms with E-state index in [1.165, 1.54) is 5.56 Å².